The molecule has 4 nitrogen and oxygen atoms in total. The summed E-state index contributed by atoms with van der Waals surface area (Å²) < 4.78 is 38.0. The third kappa shape index (κ3) is 2.58. The minimum absolute atomic E-state index is 0.0840. The van der Waals surface area contributed by atoms with E-state index >= 15 is 0 Å². The molecular weight excluding hydrogens is 297 g/mol. The van der Waals surface area contributed by atoms with Gasteiger partial charge in [0.25, 0.3) is 0 Å². The van der Waals surface area contributed by atoms with Crippen molar-refractivity contribution in [2.45, 2.75) is 19.0 Å². The van der Waals surface area contributed by atoms with Crippen LogP contribution in [0.25, 0.3) is 0 Å². The molecule has 0 unspecified atom stereocenters. The van der Waals surface area contributed by atoms with Crippen molar-refractivity contribution in [1.82, 2.24) is 0 Å². The molecule has 1 saturated carbocycles. The highest BCUT2D eigenvalue weighted by Gasteiger charge is 2.55. The minimum Gasteiger partial charge on any atom is -0.369 e. The van der Waals surface area contributed by atoms with Gasteiger partial charge in [0.1, 0.15) is 5.41 Å². The molecule has 1 aliphatic carbocycles. The van der Waals surface area contributed by atoms with Crippen molar-refractivity contribution >= 4 is 29.1 Å². The third-order valence-corrected chi connectivity index (χ3v) is 3.52. The Balaban J connectivity index is 2.23. The molecule has 0 atom stereocenters. The lowest BCUT2D eigenvalue weighted by atomic mass is 10.1. The van der Waals surface area contributed by atoms with Gasteiger partial charge in [-0.1, -0.05) is 11.6 Å². The summed E-state index contributed by atoms with van der Waals surface area (Å²) in [6, 6.07) is 2.98. The van der Waals surface area contributed by atoms with E-state index in [9.17, 15) is 22.8 Å². The number of nitrogens with one attached hydrogen (secondary N) is 1. The molecule has 108 valence electrons. The number of carbonyl (C=O) groups excluding carboxylic acids is 2. The standard InChI is InChI=1S/C12H10ClF3N2O2/c13-8-2-1-6(5-7(8)12(14,15)16)18-10(20)11(3-4-11)9(17)19/h1-2,5H,3-4H2,(H2,17,19)(H,18,20). The minimum atomic E-state index is -4.63. The number of hydrogen-bond donors (Lipinski definition) is 2. The van der Waals surface area contributed by atoms with Gasteiger partial charge in [-0.05, 0) is 31.0 Å². The van der Waals surface area contributed by atoms with Crippen LogP contribution >= 0.6 is 11.6 Å². The number of nitrogens with two attached hydrogens (primary N) is 1. The molecule has 8 heteroatoms. The van der Waals surface area contributed by atoms with Crippen LogP contribution in [0.5, 0.6) is 0 Å². The Labute approximate surface area is 117 Å². The van der Waals surface area contributed by atoms with Crippen molar-refractivity contribution in [1.29, 1.82) is 0 Å². The van der Waals surface area contributed by atoms with E-state index in [-0.39, 0.29) is 5.69 Å². The number of carbonyl (C=O) groups is 2. The Hall–Kier alpha value is -1.76. The lowest BCUT2D eigenvalue weighted by Gasteiger charge is -2.14. The molecule has 1 fully saturated rings. The summed E-state index contributed by atoms with van der Waals surface area (Å²) in [5, 5.41) is 1.80. The number of hydrogen-bond acceptors (Lipinski definition) is 2. The van der Waals surface area contributed by atoms with Crippen LogP contribution in [0.1, 0.15) is 18.4 Å². The topological polar surface area (TPSA) is 72.2 Å². The van der Waals surface area contributed by atoms with Crippen LogP contribution in [0.4, 0.5) is 18.9 Å². The number of anilines is 1. The molecule has 2 rings (SSSR count). The highest BCUT2D eigenvalue weighted by Crippen LogP contribution is 2.46. The lowest BCUT2D eigenvalue weighted by molar-refractivity contribution is -0.137. The average Bonchev–Trinajstić information content (AvgIpc) is 3.11. The molecule has 2 amide bonds. The summed E-state index contributed by atoms with van der Waals surface area (Å²) >= 11 is 5.46. The molecule has 20 heavy (non-hydrogen) atoms. The zero-order valence-electron chi connectivity index (χ0n) is 10.1. The van der Waals surface area contributed by atoms with E-state index < -0.39 is 34.0 Å². The normalized spacial score (nSPS) is 16.6. The monoisotopic (exact) mass is 306 g/mol. The van der Waals surface area contributed by atoms with E-state index in [1.807, 2.05) is 0 Å². The Morgan fingerprint density at radius 1 is 1.30 bits per heavy atom. The highest BCUT2D eigenvalue weighted by molar-refractivity contribution is 6.31. The summed E-state index contributed by atoms with van der Waals surface area (Å²) in [4.78, 5) is 23.0. The summed E-state index contributed by atoms with van der Waals surface area (Å²) in [6.45, 7) is 0. The number of benzene rings is 1. The van der Waals surface area contributed by atoms with Crippen LogP contribution in [0, 0.1) is 5.41 Å². The van der Waals surface area contributed by atoms with Gasteiger partial charge in [-0.15, -0.1) is 0 Å². The van der Waals surface area contributed by atoms with Gasteiger partial charge >= 0.3 is 6.18 Å². The van der Waals surface area contributed by atoms with Gasteiger partial charge in [0.05, 0.1) is 10.6 Å². The fourth-order valence-electron chi connectivity index (χ4n) is 1.78. The van der Waals surface area contributed by atoms with Gasteiger partial charge in [0, 0.05) is 5.69 Å². The second kappa shape index (κ2) is 4.66. The van der Waals surface area contributed by atoms with Crippen molar-refractivity contribution in [3.05, 3.63) is 28.8 Å². The molecular formula is C12H10ClF3N2O2. The van der Waals surface area contributed by atoms with Gasteiger partial charge in [0.2, 0.25) is 11.8 Å². The van der Waals surface area contributed by atoms with Crippen LogP contribution in [0.3, 0.4) is 0 Å². The van der Waals surface area contributed by atoms with Gasteiger partial charge in [-0.2, -0.15) is 13.2 Å². The first-order valence-corrected chi connectivity index (χ1v) is 6.03. The van der Waals surface area contributed by atoms with Crippen molar-refractivity contribution in [2.24, 2.45) is 11.1 Å². The van der Waals surface area contributed by atoms with Gasteiger partial charge in [-0.25, -0.2) is 0 Å². The maximum atomic E-state index is 12.7. The van der Waals surface area contributed by atoms with Gasteiger partial charge in [-0.3, -0.25) is 9.59 Å². The van der Waals surface area contributed by atoms with Crippen molar-refractivity contribution in [2.75, 3.05) is 5.32 Å². The van der Waals surface area contributed by atoms with Crippen LogP contribution in [0.15, 0.2) is 18.2 Å². The van der Waals surface area contributed by atoms with Gasteiger partial charge in [0.15, 0.2) is 0 Å². The SMILES string of the molecule is NC(=O)C1(C(=O)Nc2ccc(Cl)c(C(F)(F)F)c2)CC1. The quantitative estimate of drug-likeness (QED) is 0.842. The van der Waals surface area contributed by atoms with Crippen LogP contribution in [-0.2, 0) is 15.8 Å². The number of rotatable bonds is 3. The molecule has 1 aromatic rings. The number of primary amides is 1. The van der Waals surface area contributed by atoms with E-state index in [0.717, 1.165) is 12.1 Å². The van der Waals surface area contributed by atoms with Crippen molar-refractivity contribution < 1.29 is 22.8 Å². The first-order valence-electron chi connectivity index (χ1n) is 5.65. The fourth-order valence-corrected chi connectivity index (χ4v) is 2.01. The second-order valence-electron chi connectivity index (χ2n) is 4.59. The van der Waals surface area contributed by atoms with E-state index in [1.54, 1.807) is 0 Å². The Kier molecular flexibility index (Phi) is 3.41. The molecule has 1 aliphatic rings. The van der Waals surface area contributed by atoms with Crippen LogP contribution in [0.2, 0.25) is 5.02 Å². The fraction of sp³-hybridized carbons (Fsp3) is 0.333. The highest BCUT2D eigenvalue weighted by atomic mass is 35.5. The number of amides is 2. The molecule has 0 aliphatic heterocycles. The Bertz CT molecular complexity index is 583. The van der Waals surface area contributed by atoms with Crippen molar-refractivity contribution in [3.8, 4) is 0 Å². The van der Waals surface area contributed by atoms with E-state index in [0.29, 0.717) is 12.8 Å². The molecule has 0 radical (unpaired) electrons. The summed E-state index contributed by atoms with van der Waals surface area (Å²) in [5.74, 6) is -1.47. The van der Waals surface area contributed by atoms with Crippen LogP contribution in [-0.4, -0.2) is 11.8 Å². The molecule has 0 heterocycles. The van der Waals surface area contributed by atoms with Crippen LogP contribution < -0.4 is 11.1 Å². The maximum absolute atomic E-state index is 12.7. The molecule has 0 saturated heterocycles. The summed E-state index contributed by atoms with van der Waals surface area (Å²) in [6.07, 6.45) is -4.03. The van der Waals surface area contributed by atoms with E-state index in [2.05, 4.69) is 5.32 Å². The summed E-state index contributed by atoms with van der Waals surface area (Å²) in [7, 11) is 0. The Morgan fingerprint density at radius 2 is 1.90 bits per heavy atom. The Morgan fingerprint density at radius 3 is 2.35 bits per heavy atom. The lowest BCUT2D eigenvalue weighted by Crippen LogP contribution is -2.36. The van der Waals surface area contributed by atoms with Gasteiger partial charge < -0.3 is 11.1 Å². The largest absolute Gasteiger partial charge is 0.417 e. The zero-order chi connectivity index (χ0) is 15.1. The average molecular weight is 307 g/mol. The first kappa shape index (κ1) is 14.6. The molecule has 0 spiro atoms. The predicted octanol–water partition coefficient (Wildman–Crippen LogP) is 2.56. The van der Waals surface area contributed by atoms with E-state index in [1.165, 1.54) is 6.07 Å². The zero-order valence-corrected chi connectivity index (χ0v) is 10.8. The predicted molar refractivity (Wildman–Crippen MR) is 65.9 cm³/mol. The molecule has 3 N–H and O–H groups in total. The number of halogens is 4. The second-order valence-corrected chi connectivity index (χ2v) is 5.00. The summed E-state index contributed by atoms with van der Waals surface area (Å²) in [5.41, 5.74) is 2.68. The smallest absolute Gasteiger partial charge is 0.369 e. The third-order valence-electron chi connectivity index (χ3n) is 3.19. The molecule has 0 aromatic heterocycles. The molecule has 1 aromatic carbocycles. The van der Waals surface area contributed by atoms with Crippen molar-refractivity contribution in [3.63, 3.8) is 0 Å². The molecule has 0 bridgehead atoms. The number of alkyl halides is 3. The first-order chi connectivity index (χ1) is 9.17. The van der Waals surface area contributed by atoms with E-state index in [4.69, 9.17) is 17.3 Å². The maximum Gasteiger partial charge on any atom is 0.417 e.